The predicted octanol–water partition coefficient (Wildman–Crippen LogP) is 10.9. The molecule has 12 aromatic rings. The van der Waals surface area contributed by atoms with Crippen molar-refractivity contribution in [1.82, 2.24) is 58.5 Å². The molecule has 26 nitrogen and oxygen atoms in total. The molecule has 28 heteroatoms. The topological polar surface area (TPSA) is 274 Å². The number of nitriles is 3. The Morgan fingerprint density at radius 3 is 1.12 bits per heavy atom. The molecule has 0 spiro atoms. The number of hydrogen-bond acceptors (Lipinski definition) is 19. The number of anilines is 3. The molecule has 0 aliphatic carbocycles. The van der Waals surface area contributed by atoms with E-state index in [1.54, 1.807) is 120 Å². The molecule has 9 aromatic heterocycles. The van der Waals surface area contributed by atoms with Crippen LogP contribution in [0.3, 0.4) is 0 Å². The van der Waals surface area contributed by atoms with Gasteiger partial charge >= 0.3 is 0 Å². The van der Waals surface area contributed by atoms with Crippen molar-refractivity contribution in [2.24, 2.45) is 0 Å². The number of fused-ring (bicyclic) bond motifs is 3. The number of nitrogens with zero attached hydrogens (tertiary/aromatic N) is 19. The number of carbonyl (C=O) groups is 3. The number of aromatic nitrogens is 9. The Hall–Kier alpha value is -15.3. The number of amides is 3. The summed E-state index contributed by atoms with van der Waals surface area (Å²) in [6.45, 7) is 21.2. The standard InChI is InChI=1S/C29H25FN6O3.C29H23N7O2.C28H23FN6O2/c1-3-39-25-15-26(29-22(16-31)18-33-36(29)19-25)21-5-6-27(32-17-21)34-8-10-35(11-9-34)28(37)7-4-20-12-23(30)14-24(13-20)38-2;1-3-38-25-16-26(29-23(17-30)19-33-36(29)20-25)22-8-9-27(32-18-22)34-11-13-35(14-12-34)28(37)10-7-21-5-4-6-24(15-21)31-2;1-2-37-24-15-25(28-22(16-30)18-32-35(28)19-24)21-7-8-26(31-17-21)33-10-12-34(13-11-33)27(36)9-6-20-4-3-5-23(29)14-20/h5-6,12-15,17-19H,3,8-11H2,1-2H3;4-6,8-9,15-16,18-20H,3,11-14H2,1H3;3-5,7-8,14-15,17-19H,2,10-13H2,1H3. The summed E-state index contributed by atoms with van der Waals surface area (Å²) in [7, 11) is 1.45. The van der Waals surface area contributed by atoms with Gasteiger partial charge in [0.05, 0.1) is 104 Å². The van der Waals surface area contributed by atoms with Crippen LogP contribution in [0, 0.1) is 87.7 Å². The van der Waals surface area contributed by atoms with E-state index in [-0.39, 0.29) is 23.5 Å². The van der Waals surface area contributed by atoms with E-state index < -0.39 is 5.82 Å². The van der Waals surface area contributed by atoms with E-state index in [2.05, 4.69) is 104 Å². The van der Waals surface area contributed by atoms with Crippen LogP contribution in [0.2, 0.25) is 0 Å². The van der Waals surface area contributed by atoms with E-state index in [0.717, 1.165) is 50.8 Å². The van der Waals surface area contributed by atoms with Crippen molar-refractivity contribution < 1.29 is 42.1 Å². The van der Waals surface area contributed by atoms with Gasteiger partial charge in [0.1, 0.15) is 70.3 Å². The number of halogens is 2. The predicted molar refractivity (Wildman–Crippen MR) is 422 cm³/mol. The Bertz CT molecular complexity index is 5980. The quantitative estimate of drug-likeness (QED) is 0.0766. The maximum Gasteiger partial charge on any atom is 0.298 e. The summed E-state index contributed by atoms with van der Waals surface area (Å²) in [5.74, 6) is 19.3. The summed E-state index contributed by atoms with van der Waals surface area (Å²) in [6, 6.07) is 40.9. The SMILES string of the molecule is CCOc1cc(-c2ccc(N3CCN(C(=O)C#Cc4cc(F)cc(OC)c4)CC3)nc2)c2c(C#N)cnn2c1.CCOc1cc(-c2ccc(N3CCN(C(=O)C#Cc4cccc(F)c4)CC3)nc2)c2c(C#N)cnn2c1.[C-]#[N+]c1cccc(C#CC(=O)N2CCN(c3ccc(-c4cc(OCC)cn5ncc(C#N)c45)cn3)CC2)c1. The molecule has 114 heavy (non-hydrogen) atoms. The van der Waals surface area contributed by atoms with Gasteiger partial charge in [-0.05, 0) is 118 Å². The second kappa shape index (κ2) is 35.8. The van der Waals surface area contributed by atoms with E-state index in [0.29, 0.717) is 177 Å². The van der Waals surface area contributed by atoms with Gasteiger partial charge in [-0.1, -0.05) is 36.0 Å². The van der Waals surface area contributed by atoms with E-state index in [9.17, 15) is 39.0 Å². The maximum absolute atomic E-state index is 13.7. The highest BCUT2D eigenvalue weighted by Gasteiger charge is 2.26. The Morgan fingerprint density at radius 1 is 0.430 bits per heavy atom. The summed E-state index contributed by atoms with van der Waals surface area (Å²) in [5.41, 5.74) is 10.5. The van der Waals surface area contributed by atoms with Crippen molar-refractivity contribution in [3.63, 3.8) is 0 Å². The van der Waals surface area contributed by atoms with E-state index in [1.165, 1.54) is 37.6 Å². The average Bonchev–Trinajstić information content (AvgIpc) is 1.55. The third kappa shape index (κ3) is 18.0. The van der Waals surface area contributed by atoms with Gasteiger partial charge in [0.2, 0.25) is 0 Å². The third-order valence-corrected chi connectivity index (χ3v) is 18.8. The Balaban J connectivity index is 0.000000149. The average molecular weight is 1520 g/mol. The van der Waals surface area contributed by atoms with Gasteiger partial charge in [0, 0.05) is 171 Å². The third-order valence-electron chi connectivity index (χ3n) is 18.8. The molecular weight excluding hydrogens is 1450 g/mol. The van der Waals surface area contributed by atoms with Crippen LogP contribution in [0.15, 0.2) is 177 Å². The molecule has 0 atom stereocenters. The lowest BCUT2D eigenvalue weighted by atomic mass is 10.1. The van der Waals surface area contributed by atoms with Gasteiger partial charge in [0.15, 0.2) is 5.69 Å². The Morgan fingerprint density at radius 2 is 0.789 bits per heavy atom. The Labute approximate surface area is 655 Å². The maximum atomic E-state index is 13.7. The number of carbonyl (C=O) groups excluding carboxylic acids is 3. The number of benzene rings is 3. The summed E-state index contributed by atoms with van der Waals surface area (Å²) < 4.78 is 54.1. The first-order valence-corrected chi connectivity index (χ1v) is 36.4. The molecule has 3 aliphatic heterocycles. The zero-order valence-corrected chi connectivity index (χ0v) is 62.5. The van der Waals surface area contributed by atoms with Crippen molar-refractivity contribution >= 4 is 57.4 Å². The molecule has 0 bridgehead atoms. The van der Waals surface area contributed by atoms with Crippen LogP contribution in [-0.4, -0.2) is 182 Å². The van der Waals surface area contributed by atoms with Gasteiger partial charge in [-0.2, -0.15) is 31.1 Å². The zero-order valence-electron chi connectivity index (χ0n) is 62.5. The molecule has 3 aliphatic rings. The highest BCUT2D eigenvalue weighted by molar-refractivity contribution is 5.96. The lowest BCUT2D eigenvalue weighted by molar-refractivity contribution is -0.126. The van der Waals surface area contributed by atoms with E-state index in [4.69, 9.17) is 25.5 Å². The fraction of sp³-hybridized carbons (Fsp3) is 0.221. The lowest BCUT2D eigenvalue weighted by Gasteiger charge is -2.34. The number of hydrogen-bond donors (Lipinski definition) is 0. The second-order valence-electron chi connectivity index (χ2n) is 25.8. The van der Waals surface area contributed by atoms with Crippen molar-refractivity contribution in [2.75, 3.05) is 120 Å². The van der Waals surface area contributed by atoms with E-state index in [1.807, 2.05) is 75.4 Å². The lowest BCUT2D eigenvalue weighted by Crippen LogP contribution is -2.48. The highest BCUT2D eigenvalue weighted by Crippen LogP contribution is 2.35. The Kier molecular flexibility index (Phi) is 24.1. The van der Waals surface area contributed by atoms with Gasteiger partial charge in [0.25, 0.3) is 17.7 Å². The second-order valence-corrected chi connectivity index (χ2v) is 25.8. The normalized spacial score (nSPS) is 13.0. The largest absolute Gasteiger partial charge is 0.497 e. The number of pyridine rings is 6. The van der Waals surface area contributed by atoms with E-state index >= 15 is 0 Å². The minimum atomic E-state index is -0.472. The molecule has 0 N–H and O–H groups in total. The fourth-order valence-corrected chi connectivity index (χ4v) is 13.1. The number of methoxy groups -OCH3 is 1. The highest BCUT2D eigenvalue weighted by atomic mass is 19.1. The molecular formula is C86H71F2N19O7. The first-order chi connectivity index (χ1) is 55.6. The molecule has 0 saturated carbocycles. The van der Waals surface area contributed by atoms with Crippen LogP contribution in [-0.2, 0) is 14.4 Å². The molecule has 3 fully saturated rings. The van der Waals surface area contributed by atoms with Crippen LogP contribution in [0.5, 0.6) is 23.0 Å². The molecule has 12 heterocycles. The fourth-order valence-electron chi connectivity index (χ4n) is 13.1. The minimum Gasteiger partial charge on any atom is -0.497 e. The number of rotatable bonds is 13. The molecule has 0 unspecified atom stereocenters. The summed E-state index contributed by atoms with van der Waals surface area (Å²) >= 11 is 0. The molecule has 3 amide bonds. The van der Waals surface area contributed by atoms with Gasteiger partial charge in [-0.3, -0.25) is 14.4 Å². The molecule has 0 radical (unpaired) electrons. The summed E-state index contributed by atoms with van der Waals surface area (Å²) in [5, 5.41) is 41.5. The van der Waals surface area contributed by atoms with Crippen molar-refractivity contribution in [2.45, 2.75) is 20.8 Å². The van der Waals surface area contributed by atoms with Crippen LogP contribution in [0.1, 0.15) is 54.2 Å². The molecule has 566 valence electrons. The monoisotopic (exact) mass is 1520 g/mol. The van der Waals surface area contributed by atoms with Crippen LogP contribution in [0.25, 0.3) is 54.8 Å². The summed E-state index contributed by atoms with van der Waals surface area (Å²) in [4.78, 5) is 66.6. The number of piperazine rings is 3. The van der Waals surface area contributed by atoms with Crippen LogP contribution < -0.4 is 33.6 Å². The first kappa shape index (κ1) is 76.9. The molecule has 3 saturated heterocycles. The molecule has 3 aromatic carbocycles. The minimum absolute atomic E-state index is 0.228. The van der Waals surface area contributed by atoms with Gasteiger partial charge in [-0.25, -0.2) is 42.1 Å². The first-order valence-electron chi connectivity index (χ1n) is 36.4. The van der Waals surface area contributed by atoms with Crippen molar-refractivity contribution in [1.29, 1.82) is 15.8 Å². The smallest absolute Gasteiger partial charge is 0.298 e. The van der Waals surface area contributed by atoms with Gasteiger partial charge < -0.3 is 48.3 Å². The van der Waals surface area contributed by atoms with Crippen molar-refractivity contribution in [3.8, 4) is 110 Å². The van der Waals surface area contributed by atoms with Crippen molar-refractivity contribution in [3.05, 3.63) is 234 Å². The van der Waals surface area contributed by atoms with Crippen LogP contribution >= 0.6 is 0 Å². The zero-order chi connectivity index (χ0) is 79.6. The van der Waals surface area contributed by atoms with Crippen LogP contribution in [0.4, 0.5) is 31.9 Å². The molecule has 15 rings (SSSR count). The summed E-state index contributed by atoms with van der Waals surface area (Å²) in [6.07, 6.45) is 15.2. The van der Waals surface area contributed by atoms with Gasteiger partial charge in [-0.15, -0.1) is 0 Å². The number of ether oxygens (including phenoxy) is 4.